The summed E-state index contributed by atoms with van der Waals surface area (Å²) in [5.41, 5.74) is 0. The average Bonchev–Trinajstić information content (AvgIpc) is 1.14. The molecule has 0 aromatic rings. The van der Waals surface area contributed by atoms with Crippen molar-refractivity contribution in [2.45, 2.75) is 0 Å². The Morgan fingerprint density at radius 3 is 2.12 bits per heavy atom. The van der Waals surface area contributed by atoms with Crippen molar-refractivity contribution in [3.63, 3.8) is 0 Å². The SMILES string of the molecule is [2H]P(=O)(O)OP(=O)(O)O. The molecule has 0 aliphatic heterocycles. The summed E-state index contributed by atoms with van der Waals surface area (Å²) in [6.45, 7) is 0. The highest BCUT2D eigenvalue weighted by Gasteiger charge is 2.15. The summed E-state index contributed by atoms with van der Waals surface area (Å²) in [7, 11) is -9.79. The van der Waals surface area contributed by atoms with Crippen molar-refractivity contribution in [2.75, 3.05) is 0 Å². The summed E-state index contributed by atoms with van der Waals surface area (Å²) in [5.74, 6) is 0. The van der Waals surface area contributed by atoms with E-state index < -0.39 is 16.0 Å². The normalized spacial score (nSPS) is 21.6. The predicted octanol–water partition coefficient (Wildman–Crippen LogP) is -0.522. The minimum absolute atomic E-state index is 3.07. The molecule has 0 aliphatic rings. The predicted molar refractivity (Wildman–Crippen MR) is 24.3 cm³/mol. The van der Waals surface area contributed by atoms with Crippen LogP contribution in [0.3, 0.4) is 0 Å². The number of hydrogen-bond acceptors (Lipinski definition) is 3. The molecule has 0 spiro atoms. The smallest absolute Gasteiger partial charge is 0.326 e. The van der Waals surface area contributed by atoms with Crippen molar-refractivity contribution in [1.29, 1.82) is 1.28 Å². The van der Waals surface area contributed by atoms with Crippen molar-refractivity contribution in [3.05, 3.63) is 0 Å². The van der Waals surface area contributed by atoms with E-state index in [1.54, 1.807) is 0 Å². The Hall–Kier alpha value is 0.300. The van der Waals surface area contributed by atoms with Gasteiger partial charge in [-0.15, -0.1) is 0 Å². The van der Waals surface area contributed by atoms with Gasteiger partial charge in [0.1, 0.15) is 0 Å². The zero-order valence-corrected chi connectivity index (χ0v) is 5.25. The highest BCUT2D eigenvalue weighted by Crippen LogP contribution is 2.45. The minimum atomic E-state index is -4.99. The van der Waals surface area contributed by atoms with Gasteiger partial charge in [0.05, 0.1) is 0 Å². The quantitative estimate of drug-likeness (QED) is 0.473. The van der Waals surface area contributed by atoms with Gasteiger partial charge in [-0.1, -0.05) is 0 Å². The lowest BCUT2D eigenvalue weighted by molar-refractivity contribution is 0.273. The molecule has 0 amide bonds. The zero-order valence-electron chi connectivity index (χ0n) is 4.46. The van der Waals surface area contributed by atoms with Gasteiger partial charge in [0.15, 0.2) is 1.28 Å². The molecule has 0 saturated carbocycles. The minimum Gasteiger partial charge on any atom is -0.326 e. The molecule has 8 heavy (non-hydrogen) atoms. The zero-order chi connectivity index (χ0) is 7.71. The van der Waals surface area contributed by atoms with Gasteiger partial charge >= 0.3 is 16.0 Å². The number of hydrogen-bond donors (Lipinski definition) is 3. The van der Waals surface area contributed by atoms with Gasteiger partial charge in [-0.05, 0) is 0 Å². The van der Waals surface area contributed by atoms with Crippen LogP contribution in [0.25, 0.3) is 0 Å². The van der Waals surface area contributed by atoms with Crippen molar-refractivity contribution in [2.24, 2.45) is 0 Å². The Morgan fingerprint density at radius 1 is 1.75 bits per heavy atom. The molecule has 8 heteroatoms. The van der Waals surface area contributed by atoms with Gasteiger partial charge in [0.25, 0.3) is 0 Å². The monoisotopic (exact) mass is 163 g/mol. The summed E-state index contributed by atoms with van der Waals surface area (Å²) in [4.78, 5) is 23.4. The van der Waals surface area contributed by atoms with Crippen LogP contribution in [0.4, 0.5) is 0 Å². The number of phosphoric acid groups is 1. The molecule has 0 fully saturated rings. The first-order chi connectivity index (χ1) is 3.71. The third kappa shape index (κ3) is 6.30. The summed E-state index contributed by atoms with van der Waals surface area (Å²) in [6.07, 6.45) is 0. The topological polar surface area (TPSA) is 104 Å². The summed E-state index contributed by atoms with van der Waals surface area (Å²) in [5, 5.41) is 0. The highest BCUT2D eigenvalue weighted by molar-refractivity contribution is 7.54. The standard InChI is InChI=1S/H4O6P2/c1-7(2)6-8(3,4)5/h7H,(H,1,2)(H2,3,4,5)/i7D. The molecular weight excluding hydrogens is 158 g/mol. The van der Waals surface area contributed by atoms with Crippen LogP contribution >= 0.6 is 16.0 Å². The largest absolute Gasteiger partial charge is 0.476 e. The Morgan fingerprint density at radius 2 is 2.12 bits per heavy atom. The van der Waals surface area contributed by atoms with Gasteiger partial charge in [-0.25, -0.2) is 8.88 Å². The fourth-order valence-electron chi connectivity index (χ4n) is 0.0910. The van der Waals surface area contributed by atoms with Crippen LogP contribution in [0.5, 0.6) is 0 Å². The van der Waals surface area contributed by atoms with Gasteiger partial charge in [-0.3, -0.25) is 4.57 Å². The molecule has 1 atom stereocenters. The molecule has 50 valence electrons. The lowest BCUT2D eigenvalue weighted by Crippen LogP contribution is -1.75. The van der Waals surface area contributed by atoms with Gasteiger partial charge in [0, 0.05) is 0 Å². The second-order valence-corrected chi connectivity index (χ2v) is 2.92. The molecule has 0 aromatic carbocycles. The molecule has 0 saturated heterocycles. The van der Waals surface area contributed by atoms with Crippen LogP contribution in [-0.2, 0) is 13.4 Å². The van der Waals surface area contributed by atoms with Gasteiger partial charge < -0.3 is 14.7 Å². The van der Waals surface area contributed by atoms with E-state index >= 15 is 0 Å². The van der Waals surface area contributed by atoms with Crippen molar-refractivity contribution >= 4 is 16.0 Å². The Labute approximate surface area is 46.6 Å². The van der Waals surface area contributed by atoms with Gasteiger partial charge in [-0.2, -0.15) is 0 Å². The van der Waals surface area contributed by atoms with Gasteiger partial charge in [0.2, 0.25) is 0 Å². The van der Waals surface area contributed by atoms with Crippen LogP contribution in [0.1, 0.15) is 0 Å². The maximum atomic E-state index is 9.74. The fourth-order valence-corrected chi connectivity index (χ4v) is 0.819. The molecule has 0 radical (unpaired) electrons. The van der Waals surface area contributed by atoms with Crippen LogP contribution in [0.2, 0.25) is 0 Å². The summed E-state index contributed by atoms with van der Waals surface area (Å²) >= 11 is 0. The molecule has 0 rings (SSSR count). The van der Waals surface area contributed by atoms with Crippen LogP contribution in [-0.4, -0.2) is 16.0 Å². The maximum Gasteiger partial charge on any atom is 0.476 e. The van der Waals surface area contributed by atoms with E-state index in [2.05, 4.69) is 4.31 Å². The van der Waals surface area contributed by atoms with Crippen LogP contribution in [0, 0.1) is 0 Å². The molecule has 3 N–H and O–H groups in total. The second kappa shape index (κ2) is 2.73. The molecule has 1 unspecified atom stereocenters. The third-order valence-electron chi connectivity index (χ3n) is 0.176. The van der Waals surface area contributed by atoms with E-state index in [1.165, 1.54) is 0 Å². The van der Waals surface area contributed by atoms with E-state index in [4.69, 9.17) is 16.0 Å². The highest BCUT2D eigenvalue weighted by atomic mass is 31.2. The van der Waals surface area contributed by atoms with E-state index in [9.17, 15) is 9.13 Å². The van der Waals surface area contributed by atoms with Crippen molar-refractivity contribution in [1.82, 2.24) is 0 Å². The fraction of sp³-hybridized carbons (Fsp3) is 0. The maximum absolute atomic E-state index is 9.74. The molecule has 6 nitrogen and oxygen atoms in total. The summed E-state index contributed by atoms with van der Waals surface area (Å²) < 4.78 is 28.5. The first-order valence-corrected chi connectivity index (χ1v) is 3.99. The Kier molecular flexibility index (Phi) is 2.19. The first kappa shape index (κ1) is 6.42. The van der Waals surface area contributed by atoms with E-state index in [1.807, 2.05) is 0 Å². The van der Waals surface area contributed by atoms with E-state index in [-0.39, 0.29) is 0 Å². The van der Waals surface area contributed by atoms with Crippen molar-refractivity contribution in [3.8, 4) is 0 Å². The molecular formula is H4O6P2. The summed E-state index contributed by atoms with van der Waals surface area (Å²) in [6, 6.07) is 0. The van der Waals surface area contributed by atoms with Crippen LogP contribution in [0.15, 0.2) is 0 Å². The van der Waals surface area contributed by atoms with Crippen molar-refractivity contribution < 1.29 is 28.1 Å². The third-order valence-corrected chi connectivity index (χ3v) is 1.59. The van der Waals surface area contributed by atoms with Crippen LogP contribution < -0.4 is 0 Å². The molecule has 0 bridgehead atoms. The Balaban J connectivity index is 4.07. The average molecular weight is 163 g/mol. The molecule has 0 aliphatic carbocycles. The lowest BCUT2D eigenvalue weighted by Gasteiger charge is -1.97. The first-order valence-electron chi connectivity index (χ1n) is 1.78. The lowest BCUT2D eigenvalue weighted by atomic mass is 15.7. The molecule has 0 aromatic heterocycles. The van der Waals surface area contributed by atoms with E-state index in [0.717, 1.165) is 0 Å². The Bertz CT molecular complexity index is 151. The molecule has 0 heterocycles. The second-order valence-electron chi connectivity index (χ2n) is 0.810. The van der Waals surface area contributed by atoms with E-state index in [0.29, 0.717) is 0 Å². The number of rotatable bonds is 2.